The van der Waals surface area contributed by atoms with E-state index in [2.05, 4.69) is 47.1 Å². The first kappa shape index (κ1) is 9.97. The van der Waals surface area contributed by atoms with Gasteiger partial charge in [-0.1, -0.05) is 35.0 Å². The lowest BCUT2D eigenvalue weighted by Crippen LogP contribution is -2.01. The molecule has 0 amide bonds. The molecular formula is C13H15Br. The normalized spacial score (nSPS) is 18.3. The van der Waals surface area contributed by atoms with Crippen LogP contribution in [-0.4, -0.2) is 0 Å². The Bertz CT molecular complexity index is 363. The number of fused-ring (bicyclic) bond motifs is 1. The second kappa shape index (κ2) is 4.31. The van der Waals surface area contributed by atoms with Gasteiger partial charge in [-0.3, -0.25) is 0 Å². The summed E-state index contributed by atoms with van der Waals surface area (Å²) in [6.07, 6.45) is 7.30. The molecule has 0 atom stereocenters. The molecule has 0 unspecified atom stereocenters. The summed E-state index contributed by atoms with van der Waals surface area (Å²) in [5, 5.41) is 0. The van der Waals surface area contributed by atoms with Crippen LogP contribution < -0.4 is 0 Å². The summed E-state index contributed by atoms with van der Waals surface area (Å²) >= 11 is 3.53. The molecule has 1 aromatic carbocycles. The van der Waals surface area contributed by atoms with E-state index in [1.54, 1.807) is 5.57 Å². The summed E-state index contributed by atoms with van der Waals surface area (Å²) in [6, 6.07) is 6.66. The van der Waals surface area contributed by atoms with Gasteiger partial charge in [-0.2, -0.15) is 0 Å². The fourth-order valence-electron chi connectivity index (χ4n) is 2.14. The largest absolute Gasteiger partial charge is 0.0810 e. The Morgan fingerprint density at radius 2 is 2.21 bits per heavy atom. The first-order valence-electron chi connectivity index (χ1n) is 5.29. The molecule has 0 spiro atoms. The van der Waals surface area contributed by atoms with Crippen molar-refractivity contribution in [2.24, 2.45) is 0 Å². The zero-order valence-electron chi connectivity index (χ0n) is 8.52. The van der Waals surface area contributed by atoms with Crippen molar-refractivity contribution >= 4 is 21.5 Å². The summed E-state index contributed by atoms with van der Waals surface area (Å²) < 4.78 is 1.20. The third kappa shape index (κ3) is 1.93. The van der Waals surface area contributed by atoms with Gasteiger partial charge in [-0.05, 0) is 54.5 Å². The summed E-state index contributed by atoms with van der Waals surface area (Å²) in [6.45, 7) is 2.21. The lowest BCUT2D eigenvalue weighted by Gasteiger charge is -2.19. The fraction of sp³-hybridized carbons (Fsp3) is 0.385. The molecule has 0 fully saturated rings. The molecule has 2 rings (SSSR count). The van der Waals surface area contributed by atoms with E-state index in [4.69, 9.17) is 0 Å². The number of aryl methyl sites for hydroxylation is 1. The molecule has 0 nitrogen and oxygen atoms in total. The van der Waals surface area contributed by atoms with E-state index in [9.17, 15) is 0 Å². The molecule has 0 saturated heterocycles. The van der Waals surface area contributed by atoms with Gasteiger partial charge >= 0.3 is 0 Å². The zero-order valence-corrected chi connectivity index (χ0v) is 10.1. The molecular weight excluding hydrogens is 236 g/mol. The molecule has 1 aliphatic carbocycles. The Morgan fingerprint density at radius 1 is 1.36 bits per heavy atom. The van der Waals surface area contributed by atoms with E-state index >= 15 is 0 Å². The van der Waals surface area contributed by atoms with Crippen molar-refractivity contribution in [1.29, 1.82) is 0 Å². The van der Waals surface area contributed by atoms with Crippen LogP contribution in [0, 0.1) is 0 Å². The first-order chi connectivity index (χ1) is 6.81. The number of allylic oxidation sites excluding steroid dienone is 2. The average molecular weight is 251 g/mol. The lowest BCUT2D eigenvalue weighted by molar-refractivity contribution is 0.819. The molecule has 74 valence electrons. The molecule has 1 heteroatoms. The van der Waals surface area contributed by atoms with Crippen LogP contribution in [0.25, 0.3) is 5.57 Å². The van der Waals surface area contributed by atoms with Crippen LogP contribution >= 0.6 is 15.9 Å². The van der Waals surface area contributed by atoms with E-state index in [0.717, 1.165) is 6.42 Å². The third-order valence-electron chi connectivity index (χ3n) is 2.76. The zero-order chi connectivity index (χ0) is 9.97. The topological polar surface area (TPSA) is 0 Å². The number of hydrogen-bond acceptors (Lipinski definition) is 0. The van der Waals surface area contributed by atoms with Gasteiger partial charge in [0.25, 0.3) is 0 Å². The summed E-state index contributed by atoms with van der Waals surface area (Å²) in [5.41, 5.74) is 4.52. The van der Waals surface area contributed by atoms with Crippen molar-refractivity contribution in [3.05, 3.63) is 39.9 Å². The lowest BCUT2D eigenvalue weighted by atomic mass is 9.87. The molecule has 0 bridgehead atoms. The highest BCUT2D eigenvalue weighted by molar-refractivity contribution is 9.10. The highest BCUT2D eigenvalue weighted by Gasteiger charge is 2.13. The van der Waals surface area contributed by atoms with Crippen LogP contribution in [-0.2, 0) is 6.42 Å². The van der Waals surface area contributed by atoms with Crippen molar-refractivity contribution < 1.29 is 0 Å². The molecule has 1 aliphatic rings. The molecule has 0 heterocycles. The Morgan fingerprint density at radius 3 is 3.00 bits per heavy atom. The van der Waals surface area contributed by atoms with Crippen molar-refractivity contribution in [1.82, 2.24) is 0 Å². The molecule has 0 saturated carbocycles. The second-order valence-corrected chi connectivity index (χ2v) is 4.71. The highest BCUT2D eigenvalue weighted by atomic mass is 79.9. The van der Waals surface area contributed by atoms with Crippen molar-refractivity contribution in [2.75, 3.05) is 0 Å². The minimum atomic E-state index is 1.14. The Hall–Kier alpha value is -0.560. The van der Waals surface area contributed by atoms with E-state index in [-0.39, 0.29) is 0 Å². The predicted molar refractivity (Wildman–Crippen MR) is 65.3 cm³/mol. The van der Waals surface area contributed by atoms with Crippen molar-refractivity contribution in [3.8, 4) is 0 Å². The summed E-state index contributed by atoms with van der Waals surface area (Å²) in [7, 11) is 0. The van der Waals surface area contributed by atoms with Gasteiger partial charge in [0, 0.05) is 4.47 Å². The maximum atomic E-state index is 3.53. The van der Waals surface area contributed by atoms with Gasteiger partial charge in [-0.15, -0.1) is 0 Å². The van der Waals surface area contributed by atoms with Gasteiger partial charge in [0.05, 0.1) is 0 Å². The Kier molecular flexibility index (Phi) is 3.07. The maximum absolute atomic E-state index is 3.53. The number of rotatable bonds is 1. The van der Waals surface area contributed by atoms with Gasteiger partial charge in [0.15, 0.2) is 0 Å². The van der Waals surface area contributed by atoms with Crippen molar-refractivity contribution in [2.45, 2.75) is 32.6 Å². The van der Waals surface area contributed by atoms with Crippen LogP contribution in [0.2, 0.25) is 0 Å². The van der Waals surface area contributed by atoms with Crippen LogP contribution in [0.3, 0.4) is 0 Å². The Labute approximate surface area is 94.2 Å². The first-order valence-corrected chi connectivity index (χ1v) is 6.08. The quantitative estimate of drug-likeness (QED) is 0.685. The molecule has 1 aromatic rings. The van der Waals surface area contributed by atoms with E-state index in [1.165, 1.54) is 34.9 Å². The minimum absolute atomic E-state index is 1.14. The van der Waals surface area contributed by atoms with Gasteiger partial charge in [-0.25, -0.2) is 0 Å². The van der Waals surface area contributed by atoms with Crippen LogP contribution in [0.5, 0.6) is 0 Å². The fourth-order valence-corrected chi connectivity index (χ4v) is 2.55. The summed E-state index contributed by atoms with van der Waals surface area (Å²) in [4.78, 5) is 0. The summed E-state index contributed by atoms with van der Waals surface area (Å²) in [5.74, 6) is 0. The number of hydrogen-bond donors (Lipinski definition) is 0. The molecule has 14 heavy (non-hydrogen) atoms. The van der Waals surface area contributed by atoms with Gasteiger partial charge in [0.1, 0.15) is 0 Å². The SMILES string of the molecule is CCC=C1CCCc2cc(Br)ccc21. The Balaban J connectivity index is 2.45. The molecule has 0 N–H and O–H groups in total. The van der Waals surface area contributed by atoms with Crippen LogP contribution in [0.4, 0.5) is 0 Å². The van der Waals surface area contributed by atoms with E-state index in [1.807, 2.05) is 0 Å². The maximum Gasteiger partial charge on any atom is 0.0178 e. The van der Waals surface area contributed by atoms with Gasteiger partial charge < -0.3 is 0 Å². The second-order valence-electron chi connectivity index (χ2n) is 3.79. The third-order valence-corrected chi connectivity index (χ3v) is 3.25. The van der Waals surface area contributed by atoms with Crippen LogP contribution in [0.15, 0.2) is 28.7 Å². The van der Waals surface area contributed by atoms with E-state index < -0.39 is 0 Å². The molecule has 0 aromatic heterocycles. The standard InChI is InChI=1S/C13H15Br/c1-2-4-10-5-3-6-11-9-12(14)7-8-13(10)11/h4,7-9H,2-3,5-6H2,1H3. The predicted octanol–water partition coefficient (Wildman–Crippen LogP) is 4.58. The monoisotopic (exact) mass is 250 g/mol. The average Bonchev–Trinajstić information content (AvgIpc) is 2.18. The molecule has 0 radical (unpaired) electrons. The highest BCUT2D eigenvalue weighted by Crippen LogP contribution is 2.32. The van der Waals surface area contributed by atoms with Crippen LogP contribution in [0.1, 0.15) is 37.3 Å². The van der Waals surface area contributed by atoms with Crippen molar-refractivity contribution in [3.63, 3.8) is 0 Å². The van der Waals surface area contributed by atoms with E-state index in [0.29, 0.717) is 0 Å². The molecule has 0 aliphatic heterocycles. The number of halogens is 1. The van der Waals surface area contributed by atoms with Gasteiger partial charge in [0.2, 0.25) is 0 Å². The smallest absolute Gasteiger partial charge is 0.0178 e. The minimum Gasteiger partial charge on any atom is -0.0810 e. The number of benzene rings is 1.